The van der Waals surface area contributed by atoms with Crippen molar-refractivity contribution in [2.75, 3.05) is 7.11 Å². The molecule has 8 nitrogen and oxygen atoms in total. The Morgan fingerprint density at radius 1 is 1.03 bits per heavy atom. The van der Waals surface area contributed by atoms with Gasteiger partial charge in [0.1, 0.15) is 11.4 Å². The van der Waals surface area contributed by atoms with E-state index in [4.69, 9.17) is 36.1 Å². The number of aromatic nitrogens is 3. The van der Waals surface area contributed by atoms with Crippen molar-refractivity contribution in [2.45, 2.75) is 12.4 Å². The summed E-state index contributed by atoms with van der Waals surface area (Å²) in [6.07, 6.45) is -8.43. The fourth-order valence-electron chi connectivity index (χ4n) is 1.79. The van der Waals surface area contributed by atoms with Crippen LogP contribution in [0.25, 0.3) is 22.6 Å². The highest BCUT2D eigenvalue weighted by Gasteiger charge is 2.38. The Morgan fingerprint density at radius 3 is 1.97 bits per heavy atom. The van der Waals surface area contributed by atoms with Gasteiger partial charge >= 0.3 is 24.3 Å². The van der Waals surface area contributed by atoms with Crippen LogP contribution in [0.4, 0.5) is 26.3 Å². The molecule has 3 N–H and O–H groups in total. The zero-order chi connectivity index (χ0) is 24.7. The molecular formula is C17H12ClF6N3O5. The maximum Gasteiger partial charge on any atom is 0.490 e. The van der Waals surface area contributed by atoms with E-state index in [1.165, 1.54) is 0 Å². The molecule has 15 heteroatoms. The number of imidazole rings is 1. The lowest BCUT2D eigenvalue weighted by molar-refractivity contribution is -0.193. The predicted octanol–water partition coefficient (Wildman–Crippen LogP) is 4.55. The molecule has 0 saturated carbocycles. The molecule has 2 heterocycles. The Balaban J connectivity index is 0.000000305. The second-order valence-corrected chi connectivity index (χ2v) is 5.82. The Hall–Kier alpha value is -3.55. The third kappa shape index (κ3) is 7.94. The van der Waals surface area contributed by atoms with E-state index >= 15 is 0 Å². The van der Waals surface area contributed by atoms with Crippen molar-refractivity contribution in [3.8, 4) is 17.3 Å². The zero-order valence-corrected chi connectivity index (χ0v) is 16.4. The SMILES string of the molecule is COc1cc2nc(-c3ccccn3)[nH]c2cc1Cl.O=C(O)C(F)(F)F.O=C(O)C(F)(F)F. The number of aliphatic carboxylic acids is 2. The van der Waals surface area contributed by atoms with Gasteiger partial charge < -0.3 is 19.9 Å². The number of carboxylic acids is 2. The first-order valence-corrected chi connectivity index (χ1v) is 8.29. The number of aromatic amines is 1. The van der Waals surface area contributed by atoms with Gasteiger partial charge in [-0.3, -0.25) is 4.98 Å². The van der Waals surface area contributed by atoms with E-state index in [0.717, 1.165) is 22.6 Å². The summed E-state index contributed by atoms with van der Waals surface area (Å²) in [7, 11) is 1.58. The Morgan fingerprint density at radius 2 is 1.56 bits per heavy atom. The number of alkyl halides is 6. The fraction of sp³-hybridized carbons (Fsp3) is 0.176. The van der Waals surface area contributed by atoms with E-state index in [2.05, 4.69) is 15.0 Å². The van der Waals surface area contributed by atoms with Gasteiger partial charge in [0.25, 0.3) is 0 Å². The largest absolute Gasteiger partial charge is 0.495 e. The first-order chi connectivity index (χ1) is 14.7. The van der Waals surface area contributed by atoms with Gasteiger partial charge in [-0.2, -0.15) is 26.3 Å². The summed E-state index contributed by atoms with van der Waals surface area (Å²) < 4.78 is 68.6. The molecule has 0 unspecified atom stereocenters. The van der Waals surface area contributed by atoms with Crippen LogP contribution in [-0.2, 0) is 9.59 Å². The van der Waals surface area contributed by atoms with Crippen LogP contribution in [0.3, 0.4) is 0 Å². The van der Waals surface area contributed by atoms with Gasteiger partial charge in [-0.05, 0) is 18.2 Å². The summed E-state index contributed by atoms with van der Waals surface area (Å²) in [5.74, 6) is -4.18. The molecule has 0 spiro atoms. The van der Waals surface area contributed by atoms with Gasteiger partial charge in [0, 0.05) is 12.3 Å². The van der Waals surface area contributed by atoms with Crippen LogP contribution in [0.1, 0.15) is 0 Å². The van der Waals surface area contributed by atoms with E-state index in [0.29, 0.717) is 10.8 Å². The number of ether oxygens (including phenoxy) is 1. The van der Waals surface area contributed by atoms with E-state index < -0.39 is 24.3 Å². The molecule has 0 aliphatic heterocycles. The van der Waals surface area contributed by atoms with E-state index in [1.807, 2.05) is 18.2 Å². The van der Waals surface area contributed by atoms with Crippen molar-refractivity contribution >= 4 is 34.6 Å². The van der Waals surface area contributed by atoms with Crippen LogP contribution < -0.4 is 4.74 Å². The number of nitrogens with zero attached hydrogens (tertiary/aromatic N) is 2. The molecule has 0 bridgehead atoms. The number of pyridine rings is 1. The van der Waals surface area contributed by atoms with Crippen LogP contribution in [0.5, 0.6) is 5.75 Å². The number of benzene rings is 1. The standard InChI is InChI=1S/C13H10ClN3O.2C2HF3O2/c1-18-12-7-11-10(6-8(12)14)16-13(17-11)9-4-2-3-5-15-9;2*3-2(4,5)1(6)7/h2-7H,1H3,(H,16,17);2*(H,6,7). The van der Waals surface area contributed by atoms with Gasteiger partial charge in [-0.1, -0.05) is 17.7 Å². The molecule has 1 aromatic carbocycles. The Kier molecular flexibility index (Phi) is 8.82. The van der Waals surface area contributed by atoms with Crippen LogP contribution in [0, 0.1) is 0 Å². The summed E-state index contributed by atoms with van der Waals surface area (Å²) in [5.41, 5.74) is 2.46. The van der Waals surface area contributed by atoms with E-state index in [1.54, 1.807) is 25.4 Å². The molecule has 174 valence electrons. The second-order valence-electron chi connectivity index (χ2n) is 5.41. The summed E-state index contributed by atoms with van der Waals surface area (Å²) in [6, 6.07) is 9.29. The van der Waals surface area contributed by atoms with Crippen molar-refractivity contribution in [1.82, 2.24) is 15.0 Å². The van der Waals surface area contributed by atoms with Gasteiger partial charge in [0.05, 0.1) is 23.2 Å². The molecule has 2 aromatic heterocycles. The number of hydrogen-bond acceptors (Lipinski definition) is 5. The lowest BCUT2D eigenvalue weighted by atomic mass is 10.3. The summed E-state index contributed by atoms with van der Waals surface area (Å²) in [4.78, 5) is 29.7. The molecule has 0 aliphatic carbocycles. The minimum Gasteiger partial charge on any atom is -0.495 e. The monoisotopic (exact) mass is 487 g/mol. The first-order valence-electron chi connectivity index (χ1n) is 7.91. The van der Waals surface area contributed by atoms with Crippen LogP contribution in [0.15, 0.2) is 36.5 Å². The number of H-pyrrole nitrogens is 1. The number of methoxy groups -OCH3 is 1. The normalized spacial score (nSPS) is 11.0. The van der Waals surface area contributed by atoms with Crippen LogP contribution in [-0.4, -0.2) is 56.6 Å². The highest BCUT2D eigenvalue weighted by molar-refractivity contribution is 6.32. The van der Waals surface area contributed by atoms with Crippen LogP contribution in [0.2, 0.25) is 5.02 Å². The number of nitrogens with one attached hydrogen (secondary N) is 1. The predicted molar refractivity (Wildman–Crippen MR) is 98.3 cm³/mol. The van der Waals surface area contributed by atoms with Crippen molar-refractivity contribution in [3.05, 3.63) is 41.6 Å². The third-order valence-corrected chi connectivity index (χ3v) is 3.44. The lowest BCUT2D eigenvalue weighted by Crippen LogP contribution is -2.21. The fourth-order valence-corrected chi connectivity index (χ4v) is 2.03. The lowest BCUT2D eigenvalue weighted by Gasteiger charge is -2.00. The highest BCUT2D eigenvalue weighted by Crippen LogP contribution is 2.30. The summed E-state index contributed by atoms with van der Waals surface area (Å²) in [6.45, 7) is 0. The molecule has 0 amide bonds. The van der Waals surface area contributed by atoms with Gasteiger partial charge in [-0.15, -0.1) is 0 Å². The number of carboxylic acid groups (broad SMARTS) is 2. The number of hydrogen-bond donors (Lipinski definition) is 3. The van der Waals surface area contributed by atoms with Crippen molar-refractivity contribution in [2.24, 2.45) is 0 Å². The first kappa shape index (κ1) is 26.5. The number of fused-ring (bicyclic) bond motifs is 1. The van der Waals surface area contributed by atoms with Crippen molar-refractivity contribution in [3.63, 3.8) is 0 Å². The maximum absolute atomic E-state index is 10.6. The quantitative estimate of drug-likeness (QED) is 0.453. The minimum atomic E-state index is -5.08. The Bertz CT molecular complexity index is 1050. The molecule has 32 heavy (non-hydrogen) atoms. The van der Waals surface area contributed by atoms with Crippen molar-refractivity contribution < 1.29 is 50.9 Å². The average Bonchev–Trinajstić information content (AvgIpc) is 3.10. The smallest absolute Gasteiger partial charge is 0.490 e. The molecular weight excluding hydrogens is 476 g/mol. The van der Waals surface area contributed by atoms with E-state index in [-0.39, 0.29) is 0 Å². The van der Waals surface area contributed by atoms with Gasteiger partial charge in [0.2, 0.25) is 0 Å². The zero-order valence-electron chi connectivity index (χ0n) is 15.6. The minimum absolute atomic E-state index is 0.557. The second kappa shape index (κ2) is 10.7. The summed E-state index contributed by atoms with van der Waals surface area (Å²) >= 11 is 6.07. The Labute approximate surface area is 179 Å². The molecule has 3 aromatic rings. The molecule has 0 aliphatic rings. The van der Waals surface area contributed by atoms with Gasteiger partial charge in [0.15, 0.2) is 5.82 Å². The number of rotatable bonds is 2. The number of carbonyl (C=O) groups is 2. The topological polar surface area (TPSA) is 125 Å². The molecule has 3 rings (SSSR count). The molecule has 0 radical (unpaired) electrons. The van der Waals surface area contributed by atoms with E-state index in [9.17, 15) is 26.3 Å². The average molecular weight is 488 g/mol. The summed E-state index contributed by atoms with van der Waals surface area (Å²) in [5, 5.41) is 14.8. The van der Waals surface area contributed by atoms with Gasteiger partial charge in [-0.25, -0.2) is 14.6 Å². The maximum atomic E-state index is 10.6. The molecule has 0 fully saturated rings. The van der Waals surface area contributed by atoms with Crippen molar-refractivity contribution in [1.29, 1.82) is 0 Å². The van der Waals surface area contributed by atoms with Crippen LogP contribution >= 0.6 is 11.6 Å². The third-order valence-electron chi connectivity index (χ3n) is 3.15. The molecule has 0 saturated heterocycles. The highest BCUT2D eigenvalue weighted by atomic mass is 35.5. The number of halogens is 7. The molecule has 0 atom stereocenters.